The molecule has 0 radical (unpaired) electrons. The molecule has 13 heavy (non-hydrogen) atoms. The van der Waals surface area contributed by atoms with Gasteiger partial charge in [0, 0.05) is 5.57 Å². The van der Waals surface area contributed by atoms with Gasteiger partial charge in [0.15, 0.2) is 0 Å². The third-order valence-electron chi connectivity index (χ3n) is 2.69. The van der Waals surface area contributed by atoms with E-state index in [1.165, 1.54) is 6.42 Å². The van der Waals surface area contributed by atoms with Crippen molar-refractivity contribution in [3.8, 4) is 0 Å². The quantitative estimate of drug-likeness (QED) is 0.481. The summed E-state index contributed by atoms with van der Waals surface area (Å²) in [5.74, 6) is 0.719. The molecule has 2 atom stereocenters. The fourth-order valence-corrected chi connectivity index (χ4v) is 2.17. The summed E-state index contributed by atoms with van der Waals surface area (Å²) in [6, 6.07) is 0. The number of nitrogens with one attached hydrogen (secondary N) is 1. The molecular weight excluding hydrogens is 166 g/mol. The lowest BCUT2D eigenvalue weighted by Gasteiger charge is -2.09. The molecule has 0 aliphatic heterocycles. The van der Waals surface area contributed by atoms with Crippen LogP contribution >= 0.6 is 0 Å². The third-order valence-corrected chi connectivity index (χ3v) is 2.69. The van der Waals surface area contributed by atoms with Crippen molar-refractivity contribution in [2.24, 2.45) is 11.8 Å². The highest BCUT2D eigenvalue weighted by Crippen LogP contribution is 2.43. The van der Waals surface area contributed by atoms with Crippen molar-refractivity contribution in [3.63, 3.8) is 0 Å². The summed E-state index contributed by atoms with van der Waals surface area (Å²) >= 11 is 0. The van der Waals surface area contributed by atoms with Gasteiger partial charge in [-0.25, -0.2) is 5.48 Å². The first-order chi connectivity index (χ1) is 6.31. The van der Waals surface area contributed by atoms with E-state index in [0.717, 1.165) is 18.4 Å². The number of amides is 1. The third kappa shape index (κ3) is 1.91. The van der Waals surface area contributed by atoms with Crippen molar-refractivity contribution >= 4 is 5.91 Å². The van der Waals surface area contributed by atoms with E-state index in [2.05, 4.69) is 0 Å². The fraction of sp³-hybridized carbons (Fsp3) is 0.700. The number of hydroxylamine groups is 1. The van der Waals surface area contributed by atoms with Crippen LogP contribution in [0.3, 0.4) is 0 Å². The van der Waals surface area contributed by atoms with Crippen LogP contribution in [0.2, 0.25) is 0 Å². The van der Waals surface area contributed by atoms with Gasteiger partial charge in [-0.15, -0.1) is 0 Å². The second-order valence-electron chi connectivity index (χ2n) is 3.33. The maximum Gasteiger partial charge on any atom is 0.270 e. The number of rotatable bonds is 1. The van der Waals surface area contributed by atoms with E-state index in [1.54, 1.807) is 5.48 Å². The van der Waals surface area contributed by atoms with Crippen LogP contribution in [0.4, 0.5) is 0 Å². The molecule has 3 nitrogen and oxygen atoms in total. The minimum Gasteiger partial charge on any atom is -0.288 e. The first kappa shape index (κ1) is 10.3. The van der Waals surface area contributed by atoms with Crippen molar-refractivity contribution < 1.29 is 10.0 Å². The number of fused-ring (bicyclic) bond motifs is 2. The number of hydrogen-bond acceptors (Lipinski definition) is 2. The molecule has 2 aliphatic rings. The number of allylic oxidation sites excluding steroid dienone is 1. The fourth-order valence-electron chi connectivity index (χ4n) is 2.17. The first-order valence-corrected chi connectivity index (χ1v) is 4.97. The largest absolute Gasteiger partial charge is 0.288 e. The van der Waals surface area contributed by atoms with Crippen LogP contribution in [0.25, 0.3) is 0 Å². The molecule has 3 heteroatoms. The Bertz CT molecular complexity index is 223. The average Bonchev–Trinajstić information content (AvgIpc) is 2.80. The van der Waals surface area contributed by atoms with Gasteiger partial charge in [0.25, 0.3) is 5.91 Å². The van der Waals surface area contributed by atoms with Gasteiger partial charge < -0.3 is 0 Å². The molecule has 0 aromatic heterocycles. The SMILES string of the molecule is CC.O=C(NO)C1=CC2CCC1C2. The molecule has 0 saturated heterocycles. The summed E-state index contributed by atoms with van der Waals surface area (Å²) in [6.07, 6.45) is 5.44. The summed E-state index contributed by atoms with van der Waals surface area (Å²) < 4.78 is 0. The number of hydrogen-bond donors (Lipinski definition) is 2. The van der Waals surface area contributed by atoms with Crippen molar-refractivity contribution in [3.05, 3.63) is 11.6 Å². The summed E-state index contributed by atoms with van der Waals surface area (Å²) in [6.45, 7) is 4.00. The molecule has 0 heterocycles. The normalized spacial score (nSPS) is 29.0. The van der Waals surface area contributed by atoms with E-state index in [0.29, 0.717) is 11.8 Å². The maximum absolute atomic E-state index is 11.0. The van der Waals surface area contributed by atoms with Gasteiger partial charge in [0.1, 0.15) is 0 Å². The van der Waals surface area contributed by atoms with Crippen LogP contribution in [0.5, 0.6) is 0 Å². The topological polar surface area (TPSA) is 49.3 Å². The summed E-state index contributed by atoms with van der Waals surface area (Å²) in [5, 5.41) is 8.38. The Hall–Kier alpha value is -0.830. The molecule has 74 valence electrons. The lowest BCUT2D eigenvalue weighted by Crippen LogP contribution is -2.23. The van der Waals surface area contributed by atoms with Gasteiger partial charge in [-0.3, -0.25) is 10.0 Å². The summed E-state index contributed by atoms with van der Waals surface area (Å²) in [4.78, 5) is 11.0. The second-order valence-corrected chi connectivity index (χ2v) is 3.33. The Morgan fingerprint density at radius 2 is 2.23 bits per heavy atom. The van der Waals surface area contributed by atoms with Gasteiger partial charge in [-0.2, -0.15) is 0 Å². The second kappa shape index (κ2) is 4.42. The van der Waals surface area contributed by atoms with Crippen LogP contribution < -0.4 is 5.48 Å². The van der Waals surface area contributed by atoms with Crippen LogP contribution in [0.15, 0.2) is 11.6 Å². The summed E-state index contributed by atoms with van der Waals surface area (Å²) in [5.41, 5.74) is 2.48. The molecule has 0 spiro atoms. The zero-order chi connectivity index (χ0) is 9.84. The predicted octanol–water partition coefficient (Wildman–Crippen LogP) is 1.87. The van der Waals surface area contributed by atoms with E-state index in [-0.39, 0.29) is 5.91 Å². The van der Waals surface area contributed by atoms with Crippen LogP contribution in [0, 0.1) is 11.8 Å². The minimum absolute atomic E-state index is 0.308. The van der Waals surface area contributed by atoms with E-state index < -0.39 is 0 Å². The van der Waals surface area contributed by atoms with Gasteiger partial charge in [-0.1, -0.05) is 19.9 Å². The lowest BCUT2D eigenvalue weighted by molar-refractivity contribution is -0.125. The maximum atomic E-state index is 11.0. The van der Waals surface area contributed by atoms with E-state index in [4.69, 9.17) is 5.21 Å². The standard InChI is InChI=1S/C8H11NO2.C2H6/c10-8(9-11)7-4-5-1-2-6(7)3-5;1-2/h4-6,11H,1-3H2,(H,9,10);1-2H3. The molecular formula is C10H17NO2. The summed E-state index contributed by atoms with van der Waals surface area (Å²) in [7, 11) is 0. The Labute approximate surface area is 78.8 Å². The highest BCUT2D eigenvalue weighted by molar-refractivity contribution is 5.93. The Morgan fingerprint density at radius 1 is 1.54 bits per heavy atom. The van der Waals surface area contributed by atoms with E-state index in [9.17, 15) is 4.79 Å². The Kier molecular flexibility index (Phi) is 3.48. The predicted molar refractivity (Wildman–Crippen MR) is 50.2 cm³/mol. The molecule has 2 aliphatic carbocycles. The molecule has 2 unspecified atom stereocenters. The van der Waals surface area contributed by atoms with Crippen molar-refractivity contribution in [2.45, 2.75) is 33.1 Å². The van der Waals surface area contributed by atoms with Gasteiger partial charge >= 0.3 is 0 Å². The number of carbonyl (C=O) groups is 1. The Morgan fingerprint density at radius 3 is 2.62 bits per heavy atom. The highest BCUT2D eigenvalue weighted by atomic mass is 16.5. The zero-order valence-electron chi connectivity index (χ0n) is 8.21. The molecule has 2 N–H and O–H groups in total. The molecule has 0 aromatic rings. The van der Waals surface area contributed by atoms with Crippen molar-refractivity contribution in [2.75, 3.05) is 0 Å². The first-order valence-electron chi connectivity index (χ1n) is 4.97. The van der Waals surface area contributed by atoms with Crippen molar-refractivity contribution in [1.29, 1.82) is 0 Å². The lowest BCUT2D eigenvalue weighted by atomic mass is 9.98. The van der Waals surface area contributed by atoms with E-state index in [1.807, 2.05) is 19.9 Å². The molecule has 1 fully saturated rings. The molecule has 1 amide bonds. The number of carbonyl (C=O) groups excluding carboxylic acids is 1. The minimum atomic E-state index is -0.308. The zero-order valence-corrected chi connectivity index (χ0v) is 8.21. The average molecular weight is 183 g/mol. The molecule has 2 rings (SSSR count). The smallest absolute Gasteiger partial charge is 0.270 e. The van der Waals surface area contributed by atoms with Gasteiger partial charge in [0.2, 0.25) is 0 Å². The van der Waals surface area contributed by atoms with Crippen LogP contribution in [0.1, 0.15) is 33.1 Å². The molecule has 1 saturated carbocycles. The van der Waals surface area contributed by atoms with E-state index >= 15 is 0 Å². The van der Waals surface area contributed by atoms with Crippen LogP contribution in [-0.4, -0.2) is 11.1 Å². The molecule has 0 aromatic carbocycles. The molecule has 2 bridgehead atoms. The van der Waals surface area contributed by atoms with Gasteiger partial charge in [0.05, 0.1) is 0 Å². The highest BCUT2D eigenvalue weighted by Gasteiger charge is 2.35. The Balaban J connectivity index is 0.000000396. The monoisotopic (exact) mass is 183 g/mol. The van der Waals surface area contributed by atoms with Crippen LogP contribution in [-0.2, 0) is 4.79 Å². The van der Waals surface area contributed by atoms with Gasteiger partial charge in [-0.05, 0) is 31.1 Å². The van der Waals surface area contributed by atoms with Crippen molar-refractivity contribution in [1.82, 2.24) is 5.48 Å².